The second-order valence-electron chi connectivity index (χ2n) is 4.62. The summed E-state index contributed by atoms with van der Waals surface area (Å²) in [6, 6.07) is 7.08. The molecule has 1 aromatic carbocycles. The van der Waals surface area contributed by atoms with Crippen molar-refractivity contribution in [2.75, 3.05) is 12.4 Å². The van der Waals surface area contributed by atoms with Crippen LogP contribution < -0.4 is 15.8 Å². The predicted octanol–water partition coefficient (Wildman–Crippen LogP) is 2.30. The Morgan fingerprint density at radius 2 is 2.19 bits per heavy atom. The molecule has 88 valence electrons. The zero-order chi connectivity index (χ0) is 11.5. The van der Waals surface area contributed by atoms with E-state index in [0.717, 1.165) is 30.7 Å². The van der Waals surface area contributed by atoms with Crippen LogP contribution in [0.5, 0.6) is 5.75 Å². The van der Waals surface area contributed by atoms with Crippen molar-refractivity contribution in [3.8, 4) is 5.75 Å². The van der Waals surface area contributed by atoms with Crippen LogP contribution in [0.1, 0.15) is 24.8 Å². The van der Waals surface area contributed by atoms with Gasteiger partial charge in [-0.3, -0.25) is 0 Å². The number of benzene rings is 1. The lowest BCUT2D eigenvalue weighted by atomic mass is 10.1. The van der Waals surface area contributed by atoms with E-state index in [1.54, 1.807) is 7.11 Å². The largest absolute Gasteiger partial charge is 0.495 e. The number of aryl methyl sites for hydroxylation is 1. The summed E-state index contributed by atoms with van der Waals surface area (Å²) in [6.45, 7) is 2.07. The molecule has 0 aromatic heterocycles. The summed E-state index contributed by atoms with van der Waals surface area (Å²) >= 11 is 0. The maximum absolute atomic E-state index is 5.90. The molecule has 3 N–H and O–H groups in total. The van der Waals surface area contributed by atoms with Crippen molar-refractivity contribution in [1.82, 2.24) is 0 Å². The Kier molecular flexibility index (Phi) is 3.34. The molecule has 2 atom stereocenters. The van der Waals surface area contributed by atoms with Crippen LogP contribution in [0.2, 0.25) is 0 Å². The first-order valence-corrected chi connectivity index (χ1v) is 5.86. The van der Waals surface area contributed by atoms with Gasteiger partial charge in [-0.2, -0.15) is 0 Å². The molecule has 1 aliphatic rings. The van der Waals surface area contributed by atoms with Gasteiger partial charge in [0.05, 0.1) is 12.8 Å². The normalized spacial score (nSPS) is 24.4. The number of methoxy groups -OCH3 is 1. The second-order valence-corrected chi connectivity index (χ2v) is 4.62. The molecule has 1 saturated carbocycles. The summed E-state index contributed by atoms with van der Waals surface area (Å²) in [5.74, 6) is 0.917. The molecule has 0 heterocycles. The Morgan fingerprint density at radius 3 is 2.81 bits per heavy atom. The summed E-state index contributed by atoms with van der Waals surface area (Å²) in [5, 5.41) is 3.51. The lowest BCUT2D eigenvalue weighted by Crippen LogP contribution is -2.20. The molecule has 0 spiro atoms. The molecule has 0 aliphatic heterocycles. The minimum absolute atomic E-state index is 0.356. The van der Waals surface area contributed by atoms with Gasteiger partial charge in [-0.25, -0.2) is 0 Å². The smallest absolute Gasteiger partial charge is 0.142 e. The topological polar surface area (TPSA) is 47.3 Å². The summed E-state index contributed by atoms with van der Waals surface area (Å²) < 4.78 is 5.37. The summed E-state index contributed by atoms with van der Waals surface area (Å²) in [5.41, 5.74) is 8.19. The molecule has 2 unspecified atom stereocenters. The van der Waals surface area contributed by atoms with E-state index in [9.17, 15) is 0 Å². The Balaban J connectivity index is 2.08. The van der Waals surface area contributed by atoms with Crippen molar-refractivity contribution >= 4 is 5.69 Å². The number of anilines is 1. The minimum Gasteiger partial charge on any atom is -0.495 e. The zero-order valence-electron chi connectivity index (χ0n) is 9.99. The van der Waals surface area contributed by atoms with Crippen molar-refractivity contribution in [2.45, 2.75) is 38.3 Å². The zero-order valence-corrected chi connectivity index (χ0v) is 9.99. The molecule has 3 nitrogen and oxygen atoms in total. The van der Waals surface area contributed by atoms with E-state index < -0.39 is 0 Å². The standard InChI is InChI=1S/C13H20N2O/c1-9-3-6-12(13(7-9)16-2)15-11-5-4-10(14)8-11/h3,6-7,10-11,15H,4-5,8,14H2,1-2H3. The molecule has 0 radical (unpaired) electrons. The van der Waals surface area contributed by atoms with Crippen LogP contribution in [0.3, 0.4) is 0 Å². The Hall–Kier alpha value is -1.22. The fourth-order valence-electron chi connectivity index (χ4n) is 2.29. The molecule has 1 aliphatic carbocycles. The van der Waals surface area contributed by atoms with Crippen molar-refractivity contribution in [1.29, 1.82) is 0 Å². The van der Waals surface area contributed by atoms with E-state index in [2.05, 4.69) is 30.4 Å². The molecule has 1 fully saturated rings. The third-order valence-electron chi connectivity index (χ3n) is 3.19. The third-order valence-corrected chi connectivity index (χ3v) is 3.19. The van der Waals surface area contributed by atoms with Gasteiger partial charge >= 0.3 is 0 Å². The fraction of sp³-hybridized carbons (Fsp3) is 0.538. The quantitative estimate of drug-likeness (QED) is 0.821. The van der Waals surface area contributed by atoms with Gasteiger partial charge in [0, 0.05) is 12.1 Å². The van der Waals surface area contributed by atoms with E-state index in [1.165, 1.54) is 5.56 Å². The maximum atomic E-state index is 5.90. The van der Waals surface area contributed by atoms with Crippen LogP contribution >= 0.6 is 0 Å². The van der Waals surface area contributed by atoms with Gasteiger partial charge in [-0.05, 0) is 43.9 Å². The summed E-state index contributed by atoms with van der Waals surface area (Å²) in [7, 11) is 1.71. The highest BCUT2D eigenvalue weighted by molar-refractivity contribution is 5.58. The number of nitrogens with two attached hydrogens (primary N) is 1. The van der Waals surface area contributed by atoms with Gasteiger partial charge in [0.1, 0.15) is 5.75 Å². The van der Waals surface area contributed by atoms with Crippen LogP contribution in [-0.2, 0) is 0 Å². The van der Waals surface area contributed by atoms with Crippen molar-refractivity contribution in [2.24, 2.45) is 5.73 Å². The molecule has 0 bridgehead atoms. The predicted molar refractivity (Wildman–Crippen MR) is 67.0 cm³/mol. The van der Waals surface area contributed by atoms with E-state index in [-0.39, 0.29) is 0 Å². The monoisotopic (exact) mass is 220 g/mol. The van der Waals surface area contributed by atoms with Gasteiger partial charge in [-0.15, -0.1) is 0 Å². The van der Waals surface area contributed by atoms with Crippen molar-refractivity contribution in [3.05, 3.63) is 23.8 Å². The third kappa shape index (κ3) is 2.47. The molecule has 2 rings (SSSR count). The minimum atomic E-state index is 0.356. The van der Waals surface area contributed by atoms with E-state index >= 15 is 0 Å². The number of hydrogen-bond donors (Lipinski definition) is 2. The van der Waals surface area contributed by atoms with E-state index in [1.807, 2.05) is 0 Å². The van der Waals surface area contributed by atoms with Crippen LogP contribution in [0.25, 0.3) is 0 Å². The SMILES string of the molecule is COc1cc(C)ccc1NC1CCC(N)C1. The first-order chi connectivity index (χ1) is 7.69. The summed E-state index contributed by atoms with van der Waals surface area (Å²) in [6.07, 6.45) is 3.32. The van der Waals surface area contributed by atoms with Crippen LogP contribution in [0.15, 0.2) is 18.2 Å². The average molecular weight is 220 g/mol. The van der Waals surface area contributed by atoms with E-state index in [4.69, 9.17) is 10.5 Å². The first kappa shape index (κ1) is 11.3. The Bertz CT molecular complexity index is 365. The molecule has 1 aromatic rings. The number of rotatable bonds is 3. The van der Waals surface area contributed by atoms with Crippen molar-refractivity contribution in [3.63, 3.8) is 0 Å². The fourth-order valence-corrected chi connectivity index (χ4v) is 2.29. The number of ether oxygens (including phenoxy) is 1. The highest BCUT2D eigenvalue weighted by Gasteiger charge is 2.22. The molecule has 3 heteroatoms. The highest BCUT2D eigenvalue weighted by Crippen LogP contribution is 2.29. The average Bonchev–Trinajstić information content (AvgIpc) is 2.67. The van der Waals surface area contributed by atoms with Crippen molar-refractivity contribution < 1.29 is 4.74 Å². The highest BCUT2D eigenvalue weighted by atomic mass is 16.5. The van der Waals surface area contributed by atoms with Crippen LogP contribution in [0, 0.1) is 6.92 Å². The van der Waals surface area contributed by atoms with E-state index in [0.29, 0.717) is 12.1 Å². The molecular formula is C13H20N2O. The number of hydrogen-bond acceptors (Lipinski definition) is 3. The van der Waals surface area contributed by atoms with Gasteiger partial charge in [0.2, 0.25) is 0 Å². The molecule has 0 saturated heterocycles. The Labute approximate surface area is 97.0 Å². The van der Waals surface area contributed by atoms with Gasteiger partial charge in [0.15, 0.2) is 0 Å². The number of nitrogens with one attached hydrogen (secondary N) is 1. The molecular weight excluding hydrogens is 200 g/mol. The van der Waals surface area contributed by atoms with Gasteiger partial charge in [-0.1, -0.05) is 6.07 Å². The van der Waals surface area contributed by atoms with Crippen LogP contribution in [-0.4, -0.2) is 19.2 Å². The van der Waals surface area contributed by atoms with Gasteiger partial charge in [0.25, 0.3) is 0 Å². The lowest BCUT2D eigenvalue weighted by Gasteiger charge is -2.17. The first-order valence-electron chi connectivity index (χ1n) is 5.86. The van der Waals surface area contributed by atoms with Gasteiger partial charge < -0.3 is 15.8 Å². The Morgan fingerprint density at radius 1 is 1.38 bits per heavy atom. The molecule has 16 heavy (non-hydrogen) atoms. The lowest BCUT2D eigenvalue weighted by molar-refractivity contribution is 0.415. The molecule has 0 amide bonds. The van der Waals surface area contributed by atoms with Crippen LogP contribution in [0.4, 0.5) is 5.69 Å². The second kappa shape index (κ2) is 4.74. The summed E-state index contributed by atoms with van der Waals surface area (Å²) in [4.78, 5) is 0. The maximum Gasteiger partial charge on any atom is 0.142 e.